The molecule has 0 fully saturated rings. The van der Waals surface area contributed by atoms with Crippen molar-refractivity contribution in [2.45, 2.75) is 52.7 Å². The summed E-state index contributed by atoms with van der Waals surface area (Å²) < 4.78 is 11.1. The van der Waals surface area contributed by atoms with E-state index in [0.717, 1.165) is 24.6 Å². The molecule has 19 heavy (non-hydrogen) atoms. The highest BCUT2D eigenvalue weighted by atomic mass is 16.5. The zero-order chi connectivity index (χ0) is 14.1. The van der Waals surface area contributed by atoms with Gasteiger partial charge in [0.25, 0.3) is 0 Å². The lowest BCUT2D eigenvalue weighted by molar-refractivity contribution is 0.230. The van der Waals surface area contributed by atoms with E-state index >= 15 is 0 Å². The van der Waals surface area contributed by atoms with Crippen LogP contribution >= 0.6 is 0 Å². The number of methoxy groups -OCH3 is 1. The van der Waals surface area contributed by atoms with E-state index in [1.54, 1.807) is 7.11 Å². The lowest BCUT2D eigenvalue weighted by atomic mass is 10.2. The summed E-state index contributed by atoms with van der Waals surface area (Å²) in [7, 11) is 1.68. The van der Waals surface area contributed by atoms with Gasteiger partial charge in [-0.15, -0.1) is 0 Å². The molecule has 0 saturated heterocycles. The predicted molar refractivity (Wildman–Crippen MR) is 80.0 cm³/mol. The van der Waals surface area contributed by atoms with Crippen LogP contribution in [0.4, 0.5) is 0 Å². The molecule has 3 nitrogen and oxygen atoms in total. The molecule has 0 aliphatic rings. The predicted octanol–water partition coefficient (Wildman–Crippen LogP) is 3.76. The first-order valence-electron chi connectivity index (χ1n) is 7.21. The van der Waals surface area contributed by atoms with Crippen molar-refractivity contribution in [3.05, 3.63) is 23.8 Å². The van der Waals surface area contributed by atoms with Crippen LogP contribution in [0.25, 0.3) is 0 Å². The normalized spacial score (nSPS) is 10.8. The number of rotatable bonds is 9. The highest BCUT2D eigenvalue weighted by molar-refractivity contribution is 5.43. The number of nitrogens with one attached hydrogen (secondary N) is 1. The Hall–Kier alpha value is -1.22. The lowest BCUT2D eigenvalue weighted by Gasteiger charge is -2.14. The van der Waals surface area contributed by atoms with Crippen molar-refractivity contribution in [1.29, 1.82) is 0 Å². The fourth-order valence-electron chi connectivity index (χ4n) is 1.91. The van der Waals surface area contributed by atoms with Gasteiger partial charge in [0, 0.05) is 6.54 Å². The third-order valence-electron chi connectivity index (χ3n) is 2.88. The molecule has 1 N–H and O–H groups in total. The molecule has 1 aromatic carbocycles. The molecular formula is C16H27NO2. The van der Waals surface area contributed by atoms with Gasteiger partial charge in [0.1, 0.15) is 0 Å². The number of ether oxygens (including phenoxy) is 2. The minimum absolute atomic E-state index is 0.159. The van der Waals surface area contributed by atoms with Crippen molar-refractivity contribution >= 4 is 0 Å². The number of benzene rings is 1. The van der Waals surface area contributed by atoms with E-state index < -0.39 is 0 Å². The van der Waals surface area contributed by atoms with Gasteiger partial charge in [0.2, 0.25) is 0 Å². The van der Waals surface area contributed by atoms with Gasteiger partial charge < -0.3 is 14.8 Å². The molecule has 3 heteroatoms. The van der Waals surface area contributed by atoms with Gasteiger partial charge >= 0.3 is 0 Å². The summed E-state index contributed by atoms with van der Waals surface area (Å²) in [5, 5.41) is 3.45. The Labute approximate surface area is 117 Å². The maximum atomic E-state index is 5.70. The smallest absolute Gasteiger partial charge is 0.161 e. The minimum atomic E-state index is 0.159. The topological polar surface area (TPSA) is 30.5 Å². The Balaban J connectivity index is 2.51. The number of unbranched alkanes of at least 4 members (excludes halogenated alkanes) is 2. The number of hydrogen-bond acceptors (Lipinski definition) is 3. The Kier molecular flexibility index (Phi) is 7.34. The van der Waals surface area contributed by atoms with Gasteiger partial charge in [-0.1, -0.05) is 25.8 Å². The maximum absolute atomic E-state index is 5.70. The van der Waals surface area contributed by atoms with Gasteiger partial charge in [-0.2, -0.15) is 0 Å². The van der Waals surface area contributed by atoms with E-state index in [4.69, 9.17) is 9.47 Å². The average molecular weight is 265 g/mol. The average Bonchev–Trinajstić information content (AvgIpc) is 2.39. The largest absolute Gasteiger partial charge is 0.493 e. The van der Waals surface area contributed by atoms with Crippen LogP contribution in [0.2, 0.25) is 0 Å². The second-order valence-electron chi connectivity index (χ2n) is 5.04. The van der Waals surface area contributed by atoms with Crippen LogP contribution in [-0.2, 0) is 6.54 Å². The third kappa shape index (κ3) is 5.97. The first-order valence-corrected chi connectivity index (χ1v) is 7.21. The van der Waals surface area contributed by atoms with Crippen molar-refractivity contribution in [1.82, 2.24) is 5.32 Å². The molecule has 0 unspecified atom stereocenters. The van der Waals surface area contributed by atoms with Gasteiger partial charge in [-0.25, -0.2) is 0 Å². The molecule has 0 aliphatic heterocycles. The second kappa shape index (κ2) is 8.81. The number of hydrogen-bond donors (Lipinski definition) is 1. The summed E-state index contributed by atoms with van der Waals surface area (Å²) in [5.74, 6) is 1.62. The molecular weight excluding hydrogens is 238 g/mol. The van der Waals surface area contributed by atoms with Gasteiger partial charge in [0.05, 0.1) is 13.2 Å². The molecule has 1 aromatic rings. The first kappa shape index (κ1) is 15.8. The van der Waals surface area contributed by atoms with Crippen molar-refractivity contribution in [3.63, 3.8) is 0 Å². The first-order chi connectivity index (χ1) is 9.17. The Morgan fingerprint density at radius 2 is 1.95 bits per heavy atom. The van der Waals surface area contributed by atoms with E-state index in [1.165, 1.54) is 24.8 Å². The summed E-state index contributed by atoms with van der Waals surface area (Å²) in [6.45, 7) is 8.20. The zero-order valence-electron chi connectivity index (χ0n) is 12.7. The van der Waals surface area contributed by atoms with Crippen molar-refractivity contribution in [2.75, 3.05) is 13.7 Å². The zero-order valence-corrected chi connectivity index (χ0v) is 12.7. The van der Waals surface area contributed by atoms with E-state index in [2.05, 4.69) is 18.3 Å². The SMILES string of the molecule is CCCCCNCc1ccc(OC(C)C)c(OC)c1. The lowest BCUT2D eigenvalue weighted by Crippen LogP contribution is -2.14. The van der Waals surface area contributed by atoms with Gasteiger partial charge in [-0.05, 0) is 44.5 Å². The molecule has 0 heterocycles. The highest BCUT2D eigenvalue weighted by Gasteiger charge is 2.07. The Morgan fingerprint density at radius 1 is 1.16 bits per heavy atom. The van der Waals surface area contributed by atoms with Crippen LogP contribution in [0.1, 0.15) is 45.6 Å². The van der Waals surface area contributed by atoms with Gasteiger partial charge in [0.15, 0.2) is 11.5 Å². The molecule has 0 amide bonds. The summed E-state index contributed by atoms with van der Waals surface area (Å²) in [4.78, 5) is 0. The van der Waals surface area contributed by atoms with Crippen LogP contribution in [0.15, 0.2) is 18.2 Å². The monoisotopic (exact) mass is 265 g/mol. The Morgan fingerprint density at radius 3 is 2.58 bits per heavy atom. The van der Waals surface area contributed by atoms with E-state index in [9.17, 15) is 0 Å². The molecule has 108 valence electrons. The van der Waals surface area contributed by atoms with Gasteiger partial charge in [-0.3, -0.25) is 0 Å². The summed E-state index contributed by atoms with van der Waals surface area (Å²) in [6, 6.07) is 6.12. The fourth-order valence-corrected chi connectivity index (χ4v) is 1.91. The standard InChI is InChI=1S/C16H27NO2/c1-5-6-7-10-17-12-14-8-9-15(19-13(2)3)16(11-14)18-4/h8-9,11,13,17H,5-7,10,12H2,1-4H3. The Bertz CT molecular complexity index is 364. The molecule has 0 aliphatic carbocycles. The molecule has 0 bridgehead atoms. The highest BCUT2D eigenvalue weighted by Crippen LogP contribution is 2.28. The summed E-state index contributed by atoms with van der Waals surface area (Å²) >= 11 is 0. The van der Waals surface area contributed by atoms with Crippen molar-refractivity contribution < 1.29 is 9.47 Å². The maximum Gasteiger partial charge on any atom is 0.161 e. The van der Waals surface area contributed by atoms with E-state index in [-0.39, 0.29) is 6.10 Å². The van der Waals surface area contributed by atoms with Crippen LogP contribution < -0.4 is 14.8 Å². The summed E-state index contributed by atoms with van der Waals surface area (Å²) in [6.07, 6.45) is 3.95. The molecule has 0 spiro atoms. The molecule has 0 saturated carbocycles. The molecule has 0 atom stereocenters. The summed E-state index contributed by atoms with van der Waals surface area (Å²) in [5.41, 5.74) is 1.23. The van der Waals surface area contributed by atoms with Crippen LogP contribution in [0.5, 0.6) is 11.5 Å². The fraction of sp³-hybridized carbons (Fsp3) is 0.625. The quantitative estimate of drug-likeness (QED) is 0.690. The van der Waals surface area contributed by atoms with Crippen LogP contribution in [0, 0.1) is 0 Å². The van der Waals surface area contributed by atoms with Crippen molar-refractivity contribution in [2.24, 2.45) is 0 Å². The molecule has 1 rings (SSSR count). The van der Waals surface area contributed by atoms with Crippen LogP contribution in [-0.4, -0.2) is 19.8 Å². The van der Waals surface area contributed by atoms with Crippen LogP contribution in [0.3, 0.4) is 0 Å². The van der Waals surface area contributed by atoms with E-state index in [1.807, 2.05) is 26.0 Å². The second-order valence-corrected chi connectivity index (χ2v) is 5.04. The minimum Gasteiger partial charge on any atom is -0.493 e. The molecule has 0 aromatic heterocycles. The molecule has 0 radical (unpaired) electrons. The van der Waals surface area contributed by atoms with E-state index in [0.29, 0.717) is 0 Å². The van der Waals surface area contributed by atoms with Crippen molar-refractivity contribution in [3.8, 4) is 11.5 Å². The third-order valence-corrected chi connectivity index (χ3v) is 2.88.